The molecule has 0 bridgehead atoms. The van der Waals surface area contributed by atoms with Gasteiger partial charge in [0.2, 0.25) is 0 Å². The van der Waals surface area contributed by atoms with E-state index in [1.807, 2.05) is 19.1 Å². The van der Waals surface area contributed by atoms with E-state index in [0.717, 1.165) is 6.42 Å². The largest absolute Gasteiger partial charge is 0.481 e. The number of Topliss-reactive ketones (excluding diaryl/α,β-unsaturated/α-hetero) is 1. The van der Waals surface area contributed by atoms with E-state index in [2.05, 4.69) is 0 Å². The molecule has 2 rings (SSSR count). The number of aliphatic hydroxyl groups is 1. The van der Waals surface area contributed by atoms with Crippen molar-refractivity contribution >= 4 is 11.8 Å². The Morgan fingerprint density at radius 3 is 1.86 bits per heavy atom. The zero-order chi connectivity index (χ0) is 16.4. The Kier molecular flexibility index (Phi) is 7.57. The molecule has 1 atom stereocenters. The monoisotopic (exact) mass is 300 g/mol. The van der Waals surface area contributed by atoms with Crippen LogP contribution >= 0.6 is 0 Å². The Morgan fingerprint density at radius 1 is 0.955 bits per heavy atom. The van der Waals surface area contributed by atoms with E-state index in [1.54, 1.807) is 48.5 Å². The van der Waals surface area contributed by atoms with Gasteiger partial charge in [0.15, 0.2) is 5.78 Å². The molecule has 0 saturated carbocycles. The number of hydrogen-bond acceptors (Lipinski definition) is 3. The molecular formula is C18H20O4. The van der Waals surface area contributed by atoms with Crippen molar-refractivity contribution in [3.63, 3.8) is 0 Å². The highest BCUT2D eigenvalue weighted by atomic mass is 16.4. The number of ketones is 1. The molecule has 4 heteroatoms. The lowest BCUT2D eigenvalue weighted by Crippen LogP contribution is -2.11. The molecule has 2 aromatic carbocycles. The molecule has 1 unspecified atom stereocenters. The molecule has 0 amide bonds. The second-order valence-corrected chi connectivity index (χ2v) is 4.69. The number of carboxylic acids is 1. The lowest BCUT2D eigenvalue weighted by Gasteiger charge is -2.09. The minimum absolute atomic E-state index is 0.271. The van der Waals surface area contributed by atoms with Crippen LogP contribution < -0.4 is 0 Å². The summed E-state index contributed by atoms with van der Waals surface area (Å²) in [5.41, 5.74) is 1.15. The third-order valence-electron chi connectivity index (χ3n) is 2.89. The third-order valence-corrected chi connectivity index (χ3v) is 2.89. The second kappa shape index (κ2) is 9.47. The molecule has 22 heavy (non-hydrogen) atoms. The standard InChI is InChI=1S/C14H12O2.C4H8O2/c15-13(11-7-3-1-4-8-11)14(16)12-9-5-2-6-10-12;1-2-3-4(5)6/h1-10,13,15H;2-3H2,1H3,(H,5,6). The lowest BCUT2D eigenvalue weighted by molar-refractivity contribution is -0.137. The van der Waals surface area contributed by atoms with Crippen molar-refractivity contribution < 1.29 is 19.8 Å². The van der Waals surface area contributed by atoms with Gasteiger partial charge in [-0.3, -0.25) is 9.59 Å². The van der Waals surface area contributed by atoms with Crippen LogP contribution in [0, 0.1) is 0 Å². The summed E-state index contributed by atoms with van der Waals surface area (Å²) in [6.07, 6.45) is -0.0569. The van der Waals surface area contributed by atoms with E-state index < -0.39 is 12.1 Å². The maximum absolute atomic E-state index is 11.9. The summed E-state index contributed by atoms with van der Waals surface area (Å²) in [5.74, 6) is -0.982. The lowest BCUT2D eigenvalue weighted by atomic mass is 10.0. The Labute approximate surface area is 130 Å². The highest BCUT2D eigenvalue weighted by Crippen LogP contribution is 2.17. The molecule has 2 N–H and O–H groups in total. The summed E-state index contributed by atoms with van der Waals surface area (Å²) in [4.78, 5) is 21.5. The van der Waals surface area contributed by atoms with Crippen molar-refractivity contribution in [3.8, 4) is 0 Å². The van der Waals surface area contributed by atoms with Crippen molar-refractivity contribution in [2.75, 3.05) is 0 Å². The van der Waals surface area contributed by atoms with Crippen molar-refractivity contribution in [2.45, 2.75) is 25.9 Å². The van der Waals surface area contributed by atoms with Gasteiger partial charge in [-0.2, -0.15) is 0 Å². The van der Waals surface area contributed by atoms with Gasteiger partial charge in [0.25, 0.3) is 0 Å². The molecular weight excluding hydrogens is 280 g/mol. The number of carbonyl (C=O) groups excluding carboxylic acids is 1. The van der Waals surface area contributed by atoms with Crippen molar-refractivity contribution in [3.05, 3.63) is 71.8 Å². The minimum Gasteiger partial charge on any atom is -0.481 e. The van der Waals surface area contributed by atoms with Crippen molar-refractivity contribution in [1.29, 1.82) is 0 Å². The molecule has 0 aliphatic heterocycles. The zero-order valence-corrected chi connectivity index (χ0v) is 12.5. The molecule has 0 radical (unpaired) electrons. The van der Waals surface area contributed by atoms with Gasteiger partial charge in [-0.25, -0.2) is 0 Å². The number of rotatable bonds is 5. The van der Waals surface area contributed by atoms with E-state index >= 15 is 0 Å². The third kappa shape index (κ3) is 5.89. The summed E-state index contributed by atoms with van der Waals surface area (Å²) < 4.78 is 0. The second-order valence-electron chi connectivity index (χ2n) is 4.69. The average molecular weight is 300 g/mol. The van der Waals surface area contributed by atoms with Gasteiger partial charge in [-0.15, -0.1) is 0 Å². The van der Waals surface area contributed by atoms with Crippen LogP contribution in [0.25, 0.3) is 0 Å². The SMILES string of the molecule is CCCC(=O)O.O=C(c1ccccc1)C(O)c1ccccc1. The topological polar surface area (TPSA) is 74.6 Å². The average Bonchev–Trinajstić information content (AvgIpc) is 2.55. The van der Waals surface area contributed by atoms with E-state index in [1.165, 1.54) is 0 Å². The van der Waals surface area contributed by atoms with Crippen LogP contribution in [0.1, 0.15) is 41.8 Å². The molecule has 0 heterocycles. The Morgan fingerprint density at radius 2 is 1.45 bits per heavy atom. The van der Waals surface area contributed by atoms with Gasteiger partial charge in [-0.1, -0.05) is 67.6 Å². The van der Waals surface area contributed by atoms with Crippen LogP contribution in [0.5, 0.6) is 0 Å². The number of aliphatic hydroxyl groups excluding tert-OH is 1. The van der Waals surface area contributed by atoms with E-state index in [4.69, 9.17) is 5.11 Å². The molecule has 0 aromatic heterocycles. The van der Waals surface area contributed by atoms with Gasteiger partial charge >= 0.3 is 5.97 Å². The Bertz CT molecular complexity index is 579. The van der Waals surface area contributed by atoms with Crippen molar-refractivity contribution in [2.24, 2.45) is 0 Å². The summed E-state index contributed by atoms with van der Waals surface area (Å²) in [6.45, 7) is 1.84. The maximum atomic E-state index is 11.9. The van der Waals surface area contributed by atoms with Gasteiger partial charge in [0.1, 0.15) is 6.10 Å². The number of hydrogen-bond donors (Lipinski definition) is 2. The first kappa shape index (κ1) is 17.6. The zero-order valence-electron chi connectivity index (χ0n) is 12.5. The van der Waals surface area contributed by atoms with Crippen LogP contribution in [0.2, 0.25) is 0 Å². The number of aliphatic carboxylic acids is 1. The molecule has 0 spiro atoms. The van der Waals surface area contributed by atoms with Crippen LogP contribution in [0.3, 0.4) is 0 Å². The fourth-order valence-electron chi connectivity index (χ4n) is 1.76. The predicted octanol–water partition coefficient (Wildman–Crippen LogP) is 3.47. The number of carbonyl (C=O) groups is 2. The normalized spacial score (nSPS) is 11.0. The van der Waals surface area contributed by atoms with Gasteiger partial charge < -0.3 is 10.2 Å². The first-order valence-electron chi connectivity index (χ1n) is 7.10. The fourth-order valence-corrected chi connectivity index (χ4v) is 1.76. The quantitative estimate of drug-likeness (QED) is 0.829. The van der Waals surface area contributed by atoms with Crippen LogP contribution in [0.4, 0.5) is 0 Å². The smallest absolute Gasteiger partial charge is 0.303 e. The van der Waals surface area contributed by atoms with Crippen LogP contribution in [-0.4, -0.2) is 22.0 Å². The van der Waals surface area contributed by atoms with Gasteiger partial charge in [0, 0.05) is 12.0 Å². The summed E-state index contributed by atoms with van der Waals surface area (Å²) in [6, 6.07) is 17.7. The predicted molar refractivity (Wildman–Crippen MR) is 84.7 cm³/mol. The summed E-state index contributed by atoms with van der Waals surface area (Å²) in [7, 11) is 0. The molecule has 4 nitrogen and oxygen atoms in total. The fraction of sp³-hybridized carbons (Fsp3) is 0.222. The molecule has 0 saturated heterocycles. The number of benzene rings is 2. The molecule has 116 valence electrons. The summed E-state index contributed by atoms with van der Waals surface area (Å²) in [5, 5.41) is 17.8. The van der Waals surface area contributed by atoms with Gasteiger partial charge in [-0.05, 0) is 12.0 Å². The molecule has 0 aliphatic carbocycles. The highest BCUT2D eigenvalue weighted by Gasteiger charge is 2.18. The van der Waals surface area contributed by atoms with E-state index in [9.17, 15) is 14.7 Å². The van der Waals surface area contributed by atoms with E-state index in [0.29, 0.717) is 17.5 Å². The van der Waals surface area contributed by atoms with Crippen LogP contribution in [-0.2, 0) is 4.79 Å². The Hall–Kier alpha value is -2.46. The van der Waals surface area contributed by atoms with Crippen LogP contribution in [0.15, 0.2) is 60.7 Å². The van der Waals surface area contributed by atoms with Gasteiger partial charge in [0.05, 0.1) is 0 Å². The minimum atomic E-state index is -1.08. The van der Waals surface area contributed by atoms with E-state index in [-0.39, 0.29) is 5.78 Å². The molecule has 0 fully saturated rings. The number of carboxylic acid groups (broad SMARTS) is 1. The first-order valence-corrected chi connectivity index (χ1v) is 7.10. The molecule has 2 aromatic rings. The first-order chi connectivity index (χ1) is 10.6. The highest BCUT2D eigenvalue weighted by molar-refractivity contribution is 5.99. The summed E-state index contributed by atoms with van der Waals surface area (Å²) >= 11 is 0. The maximum Gasteiger partial charge on any atom is 0.303 e. The Balaban J connectivity index is 0.000000346. The van der Waals surface area contributed by atoms with Crippen molar-refractivity contribution in [1.82, 2.24) is 0 Å². The molecule has 0 aliphatic rings.